The Kier molecular flexibility index (Phi) is 3.79. The highest BCUT2D eigenvalue weighted by Crippen LogP contribution is 2.79. The summed E-state index contributed by atoms with van der Waals surface area (Å²) < 4.78 is 29.5. The zero-order valence-electron chi connectivity index (χ0n) is 12.8. The Hall–Kier alpha value is -0.640. The molecular weight excluding hydrogens is 291 g/mol. The molecule has 4 aliphatic rings. The van der Waals surface area contributed by atoms with E-state index in [2.05, 4.69) is 0 Å². The van der Waals surface area contributed by atoms with E-state index in [0.717, 1.165) is 19.3 Å². The van der Waals surface area contributed by atoms with E-state index in [1.807, 2.05) is 19.9 Å². The topological polar surface area (TPSA) is 61.8 Å². The smallest absolute Gasteiger partial charge is 0.337 e. The lowest BCUT2D eigenvalue weighted by molar-refractivity contribution is -0.139. The Balaban J connectivity index is 1.98. The molecule has 2 saturated carbocycles. The molecule has 6 heteroatoms. The van der Waals surface area contributed by atoms with Crippen molar-refractivity contribution in [2.75, 3.05) is 20.3 Å². The molecule has 0 spiro atoms. The zero-order valence-corrected chi connectivity index (χ0v) is 13.7. The number of allylic oxidation sites excluding steroid dienone is 1. The fourth-order valence-corrected chi connectivity index (χ4v) is 7.58. The Morgan fingerprint density at radius 2 is 2.00 bits per heavy atom. The second kappa shape index (κ2) is 5.22. The quantitative estimate of drug-likeness (QED) is 0.557. The predicted molar refractivity (Wildman–Crippen MR) is 78.0 cm³/mol. The van der Waals surface area contributed by atoms with E-state index in [0.29, 0.717) is 24.7 Å². The van der Waals surface area contributed by atoms with Gasteiger partial charge < -0.3 is 13.8 Å². The maximum absolute atomic E-state index is 13.4. The molecule has 0 amide bonds. The number of hydrogen-bond acceptors (Lipinski definition) is 5. The van der Waals surface area contributed by atoms with Gasteiger partial charge in [0.2, 0.25) is 0 Å². The van der Waals surface area contributed by atoms with E-state index in [4.69, 9.17) is 13.8 Å². The van der Waals surface area contributed by atoms with Gasteiger partial charge in [0, 0.05) is 11.5 Å². The lowest BCUT2D eigenvalue weighted by Gasteiger charge is -2.64. The van der Waals surface area contributed by atoms with Crippen LogP contribution in [0.3, 0.4) is 0 Å². The summed E-state index contributed by atoms with van der Waals surface area (Å²) in [5, 5.41) is -0.509. The number of ether oxygens (including phenoxy) is 1. The molecule has 118 valence electrons. The van der Waals surface area contributed by atoms with Crippen molar-refractivity contribution in [1.82, 2.24) is 0 Å². The molecule has 0 N–H and O–H groups in total. The predicted octanol–water partition coefficient (Wildman–Crippen LogP) is 3.15. The van der Waals surface area contributed by atoms with Crippen LogP contribution in [0, 0.1) is 17.8 Å². The standard InChI is InChI=1S/C15H23O5P/c1-4-19-21(17,20-5-2)15-8-10-6-11(9-15)13(15)12(7-10)14(16)18-3/h7,10-11,13H,4-6,8-9H2,1-3H3. The van der Waals surface area contributed by atoms with Gasteiger partial charge in [-0.15, -0.1) is 0 Å². The van der Waals surface area contributed by atoms with Crippen LogP contribution >= 0.6 is 7.60 Å². The van der Waals surface area contributed by atoms with Gasteiger partial charge in [-0.3, -0.25) is 4.57 Å². The lowest BCUT2D eigenvalue weighted by Crippen LogP contribution is -2.63. The molecule has 5 nitrogen and oxygen atoms in total. The molecule has 4 bridgehead atoms. The minimum Gasteiger partial charge on any atom is -0.466 e. The molecule has 0 aromatic rings. The first-order chi connectivity index (χ1) is 10.0. The second-order valence-corrected chi connectivity index (χ2v) is 8.59. The van der Waals surface area contributed by atoms with Crippen LogP contribution in [0.5, 0.6) is 0 Å². The van der Waals surface area contributed by atoms with Crippen molar-refractivity contribution in [2.24, 2.45) is 17.8 Å². The average molecular weight is 314 g/mol. The van der Waals surface area contributed by atoms with Crippen LogP contribution in [-0.2, 0) is 23.1 Å². The number of rotatable bonds is 6. The molecule has 4 rings (SSSR count). The highest BCUT2D eigenvalue weighted by molar-refractivity contribution is 7.55. The molecule has 0 heterocycles. The maximum atomic E-state index is 13.4. The number of esters is 1. The third kappa shape index (κ3) is 1.97. The Labute approximate surface area is 125 Å². The number of carbonyl (C=O) groups is 1. The van der Waals surface area contributed by atoms with Crippen LogP contribution in [-0.4, -0.2) is 31.4 Å². The molecule has 4 unspecified atom stereocenters. The van der Waals surface area contributed by atoms with Crippen molar-refractivity contribution >= 4 is 13.6 Å². The van der Waals surface area contributed by atoms with E-state index >= 15 is 0 Å². The van der Waals surface area contributed by atoms with Gasteiger partial charge in [0.15, 0.2) is 0 Å². The first kappa shape index (κ1) is 15.3. The molecular formula is C15H23O5P. The SMILES string of the molecule is CCOP(=O)(OCC)C12CC3C=C(C(=O)OC)C1C(C3)C2. The fourth-order valence-electron chi connectivity index (χ4n) is 4.70. The number of carbonyl (C=O) groups excluding carboxylic acids is 1. The molecule has 0 aromatic heterocycles. The van der Waals surface area contributed by atoms with Gasteiger partial charge in [0.1, 0.15) is 0 Å². The van der Waals surface area contributed by atoms with Gasteiger partial charge in [-0.05, 0) is 44.9 Å². The van der Waals surface area contributed by atoms with Crippen LogP contribution in [0.1, 0.15) is 33.1 Å². The largest absolute Gasteiger partial charge is 0.466 e. The summed E-state index contributed by atoms with van der Waals surface area (Å²) in [5.41, 5.74) is 0.691. The van der Waals surface area contributed by atoms with E-state index < -0.39 is 12.8 Å². The average Bonchev–Trinajstić information content (AvgIpc) is 2.46. The van der Waals surface area contributed by atoms with Gasteiger partial charge >= 0.3 is 13.6 Å². The van der Waals surface area contributed by atoms with Crippen LogP contribution in [0.2, 0.25) is 0 Å². The van der Waals surface area contributed by atoms with E-state index in [-0.39, 0.29) is 17.8 Å². The van der Waals surface area contributed by atoms with Crippen LogP contribution in [0.25, 0.3) is 0 Å². The van der Waals surface area contributed by atoms with Gasteiger partial charge in [0.25, 0.3) is 0 Å². The minimum atomic E-state index is -3.22. The van der Waals surface area contributed by atoms with Crippen molar-refractivity contribution in [3.8, 4) is 0 Å². The molecule has 0 aromatic carbocycles. The molecule has 0 radical (unpaired) electrons. The fraction of sp³-hybridized carbons (Fsp3) is 0.800. The van der Waals surface area contributed by atoms with Crippen molar-refractivity contribution < 1.29 is 23.1 Å². The van der Waals surface area contributed by atoms with Crippen molar-refractivity contribution in [3.05, 3.63) is 11.6 Å². The third-order valence-electron chi connectivity index (χ3n) is 5.20. The van der Waals surface area contributed by atoms with Gasteiger partial charge in [0.05, 0.1) is 25.5 Å². The maximum Gasteiger partial charge on any atom is 0.337 e. The van der Waals surface area contributed by atoms with Crippen LogP contribution < -0.4 is 0 Å². The summed E-state index contributed by atoms with van der Waals surface area (Å²) in [5.74, 6) is 0.381. The van der Waals surface area contributed by atoms with Gasteiger partial charge in [-0.1, -0.05) is 6.08 Å². The van der Waals surface area contributed by atoms with Crippen molar-refractivity contribution in [3.63, 3.8) is 0 Å². The summed E-state index contributed by atoms with van der Waals surface area (Å²) in [6.45, 7) is 4.38. The molecule has 4 aliphatic carbocycles. The zero-order chi connectivity index (χ0) is 15.3. The van der Waals surface area contributed by atoms with E-state index in [1.165, 1.54) is 7.11 Å². The highest BCUT2D eigenvalue weighted by Gasteiger charge is 2.71. The monoisotopic (exact) mass is 314 g/mol. The number of methoxy groups -OCH3 is 1. The normalized spacial score (nSPS) is 36.9. The summed E-state index contributed by atoms with van der Waals surface area (Å²) in [4.78, 5) is 12.0. The second-order valence-electron chi connectivity index (χ2n) is 6.19. The Bertz CT molecular complexity index is 518. The highest BCUT2D eigenvalue weighted by atomic mass is 31.2. The Morgan fingerprint density at radius 1 is 1.33 bits per heavy atom. The third-order valence-corrected chi connectivity index (χ3v) is 8.13. The summed E-state index contributed by atoms with van der Waals surface area (Å²) in [7, 11) is -1.82. The van der Waals surface area contributed by atoms with Crippen molar-refractivity contribution in [2.45, 2.75) is 38.3 Å². The molecule has 0 saturated heterocycles. The lowest BCUT2D eigenvalue weighted by atomic mass is 9.48. The minimum absolute atomic E-state index is 0.0288. The van der Waals surface area contributed by atoms with E-state index in [1.54, 1.807) is 0 Å². The van der Waals surface area contributed by atoms with Crippen LogP contribution in [0.15, 0.2) is 11.6 Å². The number of hydrogen-bond donors (Lipinski definition) is 0. The molecule has 21 heavy (non-hydrogen) atoms. The van der Waals surface area contributed by atoms with Gasteiger partial charge in [-0.2, -0.15) is 0 Å². The summed E-state index contributed by atoms with van der Waals surface area (Å²) in [6, 6.07) is 0. The van der Waals surface area contributed by atoms with Gasteiger partial charge in [-0.25, -0.2) is 4.79 Å². The Morgan fingerprint density at radius 3 is 2.52 bits per heavy atom. The van der Waals surface area contributed by atoms with Crippen molar-refractivity contribution in [1.29, 1.82) is 0 Å². The summed E-state index contributed by atoms with van der Waals surface area (Å²) >= 11 is 0. The first-order valence-electron chi connectivity index (χ1n) is 7.70. The molecule has 0 aliphatic heterocycles. The molecule has 4 atom stereocenters. The summed E-state index contributed by atoms with van der Waals surface area (Å²) in [6.07, 6.45) is 4.73. The molecule has 2 fully saturated rings. The first-order valence-corrected chi connectivity index (χ1v) is 9.24. The van der Waals surface area contributed by atoms with E-state index in [9.17, 15) is 9.36 Å². The van der Waals surface area contributed by atoms with Crippen LogP contribution in [0.4, 0.5) is 0 Å².